The Bertz CT molecular complexity index is 730. The van der Waals surface area contributed by atoms with Gasteiger partial charge in [-0.3, -0.25) is 9.67 Å². The first kappa shape index (κ1) is 21.0. The monoisotopic (exact) mass is 370 g/mol. The third kappa shape index (κ3) is 6.40. The van der Waals surface area contributed by atoms with Gasteiger partial charge in [0, 0.05) is 32.4 Å². The molecule has 0 radical (unpaired) electrons. The maximum absolute atomic E-state index is 4.50. The van der Waals surface area contributed by atoms with E-state index in [9.17, 15) is 0 Å². The van der Waals surface area contributed by atoms with Crippen LogP contribution in [0.15, 0.2) is 35.3 Å². The normalized spacial score (nSPS) is 13.1. The Morgan fingerprint density at radius 2 is 1.85 bits per heavy atom. The molecule has 1 unspecified atom stereocenters. The molecular weight excluding hydrogens is 336 g/mol. The Labute approximate surface area is 163 Å². The van der Waals surface area contributed by atoms with Crippen molar-refractivity contribution in [1.29, 1.82) is 0 Å². The fourth-order valence-electron chi connectivity index (χ4n) is 3.14. The van der Waals surface area contributed by atoms with Gasteiger partial charge in [-0.2, -0.15) is 5.10 Å². The molecule has 6 heteroatoms. The molecule has 2 N–H and O–H groups in total. The molecule has 1 aromatic heterocycles. The lowest BCUT2D eigenvalue weighted by atomic mass is 10.0. The molecule has 1 atom stereocenters. The summed E-state index contributed by atoms with van der Waals surface area (Å²) in [6.07, 6.45) is 0.998. The van der Waals surface area contributed by atoms with E-state index in [1.165, 1.54) is 16.8 Å². The largest absolute Gasteiger partial charge is 0.356 e. The van der Waals surface area contributed by atoms with Gasteiger partial charge in [-0.15, -0.1) is 0 Å². The van der Waals surface area contributed by atoms with Gasteiger partial charge in [0.25, 0.3) is 0 Å². The molecule has 0 aliphatic rings. The molecule has 6 nitrogen and oxygen atoms in total. The predicted molar refractivity (Wildman–Crippen MR) is 113 cm³/mol. The van der Waals surface area contributed by atoms with Crippen LogP contribution < -0.4 is 10.6 Å². The second-order valence-electron chi connectivity index (χ2n) is 7.27. The molecule has 0 fully saturated rings. The second-order valence-corrected chi connectivity index (χ2v) is 7.27. The van der Waals surface area contributed by atoms with Gasteiger partial charge in [0.15, 0.2) is 5.96 Å². The van der Waals surface area contributed by atoms with Crippen molar-refractivity contribution >= 4 is 5.96 Å². The number of aryl methyl sites for hydroxylation is 4. The van der Waals surface area contributed by atoms with Crippen molar-refractivity contribution in [2.24, 2.45) is 4.99 Å². The Morgan fingerprint density at radius 1 is 1.15 bits per heavy atom. The van der Waals surface area contributed by atoms with Crippen molar-refractivity contribution in [2.75, 3.05) is 34.2 Å². The van der Waals surface area contributed by atoms with Crippen LogP contribution in [0.5, 0.6) is 0 Å². The number of likely N-dealkylation sites (N-methyl/N-ethyl adjacent to an activating group) is 1. The van der Waals surface area contributed by atoms with Gasteiger partial charge in [0.1, 0.15) is 0 Å². The fraction of sp³-hybridized carbons (Fsp3) is 0.524. The maximum atomic E-state index is 4.50. The third-order valence-electron chi connectivity index (χ3n) is 4.71. The van der Waals surface area contributed by atoms with E-state index in [4.69, 9.17) is 0 Å². The van der Waals surface area contributed by atoms with E-state index in [1.807, 2.05) is 14.0 Å². The van der Waals surface area contributed by atoms with Crippen molar-refractivity contribution in [2.45, 2.75) is 39.8 Å². The van der Waals surface area contributed by atoms with E-state index in [-0.39, 0.29) is 0 Å². The molecule has 0 aliphatic heterocycles. The van der Waals surface area contributed by atoms with Gasteiger partial charge >= 0.3 is 0 Å². The van der Waals surface area contributed by atoms with Gasteiger partial charge in [-0.25, -0.2) is 0 Å². The van der Waals surface area contributed by atoms with Gasteiger partial charge in [-0.1, -0.05) is 29.8 Å². The van der Waals surface area contributed by atoms with Crippen LogP contribution in [0.2, 0.25) is 0 Å². The quantitative estimate of drug-likeness (QED) is 0.426. The number of rotatable bonds is 8. The lowest BCUT2D eigenvalue weighted by molar-refractivity contribution is 0.298. The highest BCUT2D eigenvalue weighted by atomic mass is 15.3. The fourth-order valence-corrected chi connectivity index (χ4v) is 3.14. The number of nitrogens with one attached hydrogen (secondary N) is 2. The molecule has 2 aromatic rings. The third-order valence-corrected chi connectivity index (χ3v) is 4.71. The minimum absolute atomic E-state index is 0.291. The highest BCUT2D eigenvalue weighted by molar-refractivity contribution is 5.79. The van der Waals surface area contributed by atoms with Crippen LogP contribution in [0, 0.1) is 20.8 Å². The van der Waals surface area contributed by atoms with Crippen LogP contribution in [0.1, 0.15) is 35.0 Å². The van der Waals surface area contributed by atoms with E-state index >= 15 is 0 Å². The average molecular weight is 371 g/mol. The summed E-state index contributed by atoms with van der Waals surface area (Å²) in [7, 11) is 6.03. The molecule has 1 aromatic carbocycles. The van der Waals surface area contributed by atoms with Crippen molar-refractivity contribution < 1.29 is 0 Å². The molecule has 1 heterocycles. The molecule has 148 valence electrons. The number of hydrogen-bond acceptors (Lipinski definition) is 3. The topological polar surface area (TPSA) is 57.5 Å². The molecule has 0 amide bonds. The summed E-state index contributed by atoms with van der Waals surface area (Å²) >= 11 is 0. The van der Waals surface area contributed by atoms with Crippen LogP contribution in [0.25, 0.3) is 0 Å². The summed E-state index contributed by atoms with van der Waals surface area (Å²) in [5.41, 5.74) is 4.87. The summed E-state index contributed by atoms with van der Waals surface area (Å²) in [5, 5.41) is 11.4. The molecule has 27 heavy (non-hydrogen) atoms. The number of nitrogens with zero attached hydrogens (tertiary/aromatic N) is 4. The predicted octanol–water partition coefficient (Wildman–Crippen LogP) is 2.67. The molecule has 0 aliphatic carbocycles. The highest BCUT2D eigenvalue weighted by Gasteiger charge is 2.14. The molecule has 0 saturated heterocycles. The van der Waals surface area contributed by atoms with E-state index in [2.05, 4.69) is 88.6 Å². The number of benzene rings is 1. The van der Waals surface area contributed by atoms with Crippen molar-refractivity contribution in [1.82, 2.24) is 25.3 Å². The summed E-state index contributed by atoms with van der Waals surface area (Å²) in [4.78, 5) is 6.58. The van der Waals surface area contributed by atoms with Crippen LogP contribution in [0.3, 0.4) is 0 Å². The number of hydrogen-bond donors (Lipinski definition) is 2. The minimum atomic E-state index is 0.291. The van der Waals surface area contributed by atoms with Gasteiger partial charge in [-0.05, 0) is 52.9 Å². The standard InChI is InChI=1S/C21H34N6/c1-16-8-10-19(11-9-16)20(26(5)6)15-24-21(22-4)23-12-7-13-27-18(3)14-17(2)25-27/h8-11,14,20H,7,12-13,15H2,1-6H3,(H2,22,23,24). The first-order chi connectivity index (χ1) is 12.9. The van der Waals surface area contributed by atoms with Crippen LogP contribution in [-0.4, -0.2) is 54.9 Å². The summed E-state index contributed by atoms with van der Waals surface area (Å²) in [6.45, 7) is 8.81. The van der Waals surface area contributed by atoms with E-state index in [0.29, 0.717) is 6.04 Å². The van der Waals surface area contributed by atoms with Crippen molar-refractivity contribution in [3.05, 3.63) is 52.8 Å². The lowest BCUT2D eigenvalue weighted by Crippen LogP contribution is -2.42. The SMILES string of the molecule is CN=C(NCCCn1nc(C)cc1C)NCC(c1ccc(C)cc1)N(C)C. The van der Waals surface area contributed by atoms with Crippen molar-refractivity contribution in [3.8, 4) is 0 Å². The smallest absolute Gasteiger partial charge is 0.191 e. The van der Waals surface area contributed by atoms with Crippen molar-refractivity contribution in [3.63, 3.8) is 0 Å². The average Bonchev–Trinajstić information content (AvgIpc) is 2.95. The Balaban J connectivity index is 1.81. The molecular formula is C21H34N6. The van der Waals surface area contributed by atoms with Gasteiger partial charge in [0.05, 0.1) is 11.7 Å². The molecule has 0 bridgehead atoms. The first-order valence-electron chi connectivity index (χ1n) is 9.59. The van der Waals surface area contributed by atoms with Crippen LogP contribution in [0.4, 0.5) is 0 Å². The number of aliphatic imine (C=N–C) groups is 1. The van der Waals surface area contributed by atoms with Crippen LogP contribution in [-0.2, 0) is 6.54 Å². The second kappa shape index (κ2) is 10.1. The lowest BCUT2D eigenvalue weighted by Gasteiger charge is -2.26. The van der Waals surface area contributed by atoms with Gasteiger partial charge < -0.3 is 15.5 Å². The zero-order valence-corrected chi connectivity index (χ0v) is 17.6. The van der Waals surface area contributed by atoms with Gasteiger partial charge in [0.2, 0.25) is 0 Å². The Hall–Kier alpha value is -2.34. The molecule has 2 rings (SSSR count). The number of guanidine groups is 1. The van der Waals surface area contributed by atoms with Crippen LogP contribution >= 0.6 is 0 Å². The molecule has 0 saturated carbocycles. The summed E-state index contributed by atoms with van der Waals surface area (Å²) < 4.78 is 2.06. The molecule has 0 spiro atoms. The van der Waals surface area contributed by atoms with E-state index < -0.39 is 0 Å². The number of aromatic nitrogens is 2. The summed E-state index contributed by atoms with van der Waals surface area (Å²) in [5.74, 6) is 0.835. The highest BCUT2D eigenvalue weighted by Crippen LogP contribution is 2.17. The Kier molecular flexibility index (Phi) is 7.85. The summed E-state index contributed by atoms with van der Waals surface area (Å²) in [6, 6.07) is 11.1. The minimum Gasteiger partial charge on any atom is -0.356 e. The maximum Gasteiger partial charge on any atom is 0.191 e. The zero-order valence-electron chi connectivity index (χ0n) is 17.6. The zero-order chi connectivity index (χ0) is 19.8. The first-order valence-corrected chi connectivity index (χ1v) is 9.59. The Morgan fingerprint density at radius 3 is 2.41 bits per heavy atom. The van der Waals surface area contributed by atoms with E-state index in [1.54, 1.807) is 0 Å². The van der Waals surface area contributed by atoms with E-state index in [0.717, 1.165) is 37.7 Å².